The lowest BCUT2D eigenvalue weighted by Gasteiger charge is -2.09. The Morgan fingerprint density at radius 3 is 2.29 bits per heavy atom. The molecular weight excluding hydrogens is 402 g/mol. The number of benzene rings is 2. The third-order valence-electron chi connectivity index (χ3n) is 3.51. The second kappa shape index (κ2) is 9.31. The highest BCUT2D eigenvalue weighted by atomic mass is 32.2. The van der Waals surface area contributed by atoms with Crippen molar-refractivity contribution in [2.45, 2.75) is 4.90 Å². The number of anilines is 1. The van der Waals surface area contributed by atoms with Gasteiger partial charge in [0.25, 0.3) is 0 Å². The minimum Gasteiger partial charge on any atom is -0.493 e. The average Bonchev–Trinajstić information content (AvgIpc) is 2.65. The summed E-state index contributed by atoms with van der Waals surface area (Å²) >= 11 is 5.07. The molecule has 2 aromatic rings. The van der Waals surface area contributed by atoms with Crippen molar-refractivity contribution in [3.63, 3.8) is 0 Å². The van der Waals surface area contributed by atoms with Crippen LogP contribution in [0.2, 0.25) is 0 Å². The zero-order valence-electron chi connectivity index (χ0n) is 15.1. The van der Waals surface area contributed by atoms with Gasteiger partial charge < -0.3 is 14.8 Å². The topological polar surface area (TPSA) is 120 Å². The first-order valence-electron chi connectivity index (χ1n) is 7.88. The number of carbonyl (C=O) groups is 1. The lowest BCUT2D eigenvalue weighted by Crippen LogP contribution is -2.32. The highest BCUT2D eigenvalue weighted by Gasteiger charge is 2.08. The number of carbonyl (C=O) groups excluding carboxylic acids is 1. The van der Waals surface area contributed by atoms with Crippen LogP contribution in [0.3, 0.4) is 0 Å². The summed E-state index contributed by atoms with van der Waals surface area (Å²) in [4.78, 5) is 12.0. The van der Waals surface area contributed by atoms with E-state index in [9.17, 15) is 13.2 Å². The lowest BCUT2D eigenvalue weighted by molar-refractivity contribution is -0.115. The smallest absolute Gasteiger partial charge is 0.250 e. The fourth-order valence-electron chi connectivity index (χ4n) is 2.17. The molecule has 1 amide bonds. The molecule has 0 radical (unpaired) electrons. The molecule has 0 heterocycles. The van der Waals surface area contributed by atoms with Gasteiger partial charge in [-0.1, -0.05) is 6.07 Å². The van der Waals surface area contributed by atoms with E-state index in [0.29, 0.717) is 17.2 Å². The van der Waals surface area contributed by atoms with Gasteiger partial charge in [0.1, 0.15) is 0 Å². The van der Waals surface area contributed by atoms with Crippen LogP contribution in [0.5, 0.6) is 11.5 Å². The number of sulfonamides is 1. The molecule has 0 aromatic heterocycles. The van der Waals surface area contributed by atoms with E-state index >= 15 is 0 Å². The van der Waals surface area contributed by atoms with E-state index < -0.39 is 15.9 Å². The summed E-state index contributed by atoms with van der Waals surface area (Å²) in [7, 11) is -0.702. The van der Waals surface area contributed by atoms with E-state index in [-0.39, 0.29) is 10.0 Å². The maximum atomic E-state index is 12.0. The van der Waals surface area contributed by atoms with Crippen LogP contribution in [-0.2, 0) is 14.8 Å². The van der Waals surface area contributed by atoms with Crippen LogP contribution >= 0.6 is 12.2 Å². The van der Waals surface area contributed by atoms with Gasteiger partial charge in [0.2, 0.25) is 15.9 Å². The van der Waals surface area contributed by atoms with Crippen LogP contribution in [0.25, 0.3) is 6.08 Å². The Balaban J connectivity index is 1.95. The minimum atomic E-state index is -3.77. The van der Waals surface area contributed by atoms with Crippen LogP contribution in [0.4, 0.5) is 5.69 Å². The fourth-order valence-corrected chi connectivity index (χ4v) is 2.91. The van der Waals surface area contributed by atoms with Crippen molar-refractivity contribution < 1.29 is 22.7 Å². The number of methoxy groups -OCH3 is 2. The predicted molar refractivity (Wildman–Crippen MR) is 111 cm³/mol. The van der Waals surface area contributed by atoms with Crippen molar-refractivity contribution in [3.05, 3.63) is 54.1 Å². The highest BCUT2D eigenvalue weighted by molar-refractivity contribution is 7.89. The average molecular weight is 422 g/mol. The molecule has 0 saturated carbocycles. The standard InChI is InChI=1S/C18H19N3O5S2/c1-25-15-9-3-12(11-16(15)26-2)4-10-17(22)21-18(27)20-13-5-7-14(8-6-13)28(19,23)24/h3-11H,1-2H3,(H2,19,23,24)(H2,20,21,22,27)/b10-4+. The van der Waals surface area contributed by atoms with Gasteiger partial charge in [-0.05, 0) is 60.3 Å². The van der Waals surface area contributed by atoms with Gasteiger partial charge in [-0.15, -0.1) is 0 Å². The molecule has 2 aromatic carbocycles. The van der Waals surface area contributed by atoms with Crippen molar-refractivity contribution in [2.75, 3.05) is 19.5 Å². The zero-order chi connectivity index (χ0) is 20.7. The Hall–Kier alpha value is -2.95. The largest absolute Gasteiger partial charge is 0.493 e. The van der Waals surface area contributed by atoms with Crippen molar-refractivity contribution in [1.82, 2.24) is 5.32 Å². The summed E-state index contributed by atoms with van der Waals surface area (Å²) in [5, 5.41) is 10.4. The van der Waals surface area contributed by atoms with Crippen LogP contribution in [0, 0.1) is 0 Å². The number of hydrogen-bond acceptors (Lipinski definition) is 6. The number of nitrogens with two attached hydrogens (primary N) is 1. The molecule has 4 N–H and O–H groups in total. The van der Waals surface area contributed by atoms with E-state index in [0.717, 1.165) is 5.56 Å². The summed E-state index contributed by atoms with van der Waals surface area (Å²) in [6, 6.07) is 10.9. The van der Waals surface area contributed by atoms with Crippen LogP contribution in [-0.4, -0.2) is 33.7 Å². The molecule has 0 atom stereocenters. The lowest BCUT2D eigenvalue weighted by atomic mass is 10.2. The van der Waals surface area contributed by atoms with E-state index in [2.05, 4.69) is 10.6 Å². The molecule has 0 saturated heterocycles. The Morgan fingerprint density at radius 2 is 1.71 bits per heavy atom. The van der Waals surface area contributed by atoms with Gasteiger partial charge in [-0.3, -0.25) is 10.1 Å². The first-order valence-corrected chi connectivity index (χ1v) is 9.83. The minimum absolute atomic E-state index is 0.0224. The Kier molecular flexibility index (Phi) is 7.10. The maximum absolute atomic E-state index is 12.0. The number of nitrogens with one attached hydrogen (secondary N) is 2. The molecule has 0 unspecified atom stereocenters. The van der Waals surface area contributed by atoms with Gasteiger partial charge >= 0.3 is 0 Å². The number of thiocarbonyl (C=S) groups is 1. The van der Waals surface area contributed by atoms with Gasteiger partial charge in [0.05, 0.1) is 19.1 Å². The Labute approximate surface area is 168 Å². The summed E-state index contributed by atoms with van der Waals surface area (Å²) in [6.07, 6.45) is 2.92. The molecule has 0 aliphatic carbocycles. The number of rotatable bonds is 6. The molecule has 2 rings (SSSR count). The van der Waals surface area contributed by atoms with Gasteiger partial charge in [0, 0.05) is 11.8 Å². The second-order valence-corrected chi connectivity index (χ2v) is 7.43. The van der Waals surface area contributed by atoms with Crippen molar-refractivity contribution >= 4 is 45.0 Å². The molecule has 8 nitrogen and oxygen atoms in total. The van der Waals surface area contributed by atoms with Crippen molar-refractivity contribution in [2.24, 2.45) is 5.14 Å². The van der Waals surface area contributed by atoms with Crippen LogP contribution in [0.1, 0.15) is 5.56 Å². The molecular formula is C18H19N3O5S2. The number of primary sulfonamides is 1. The monoisotopic (exact) mass is 421 g/mol. The molecule has 0 fully saturated rings. The highest BCUT2D eigenvalue weighted by Crippen LogP contribution is 2.27. The van der Waals surface area contributed by atoms with Gasteiger partial charge in [0.15, 0.2) is 16.6 Å². The number of hydrogen-bond donors (Lipinski definition) is 3. The third kappa shape index (κ3) is 6.05. The maximum Gasteiger partial charge on any atom is 0.250 e. The molecule has 0 spiro atoms. The van der Waals surface area contributed by atoms with E-state index in [1.54, 1.807) is 24.3 Å². The summed E-state index contributed by atoms with van der Waals surface area (Å²) in [5.74, 6) is 0.696. The van der Waals surface area contributed by atoms with Gasteiger partial charge in [-0.2, -0.15) is 0 Å². The summed E-state index contributed by atoms with van der Waals surface area (Å²) in [5.41, 5.74) is 1.24. The number of ether oxygens (including phenoxy) is 2. The van der Waals surface area contributed by atoms with Crippen LogP contribution < -0.4 is 25.2 Å². The molecule has 10 heteroatoms. The normalized spacial score (nSPS) is 11.1. The fraction of sp³-hybridized carbons (Fsp3) is 0.111. The van der Waals surface area contributed by atoms with Crippen molar-refractivity contribution in [1.29, 1.82) is 0 Å². The summed E-state index contributed by atoms with van der Waals surface area (Å²) in [6.45, 7) is 0. The third-order valence-corrected chi connectivity index (χ3v) is 4.65. The van der Waals surface area contributed by atoms with E-state index in [1.807, 2.05) is 0 Å². The first kappa shape index (κ1) is 21.4. The zero-order valence-corrected chi connectivity index (χ0v) is 16.8. The first-order chi connectivity index (χ1) is 13.2. The SMILES string of the molecule is COc1ccc(/C=C/C(=O)NC(=S)Nc2ccc(S(N)(=O)=O)cc2)cc1OC. The molecule has 0 bridgehead atoms. The Morgan fingerprint density at radius 1 is 1.07 bits per heavy atom. The number of amides is 1. The molecule has 0 aliphatic rings. The summed E-state index contributed by atoms with van der Waals surface area (Å²) < 4.78 is 32.8. The van der Waals surface area contributed by atoms with E-state index in [1.165, 1.54) is 44.6 Å². The van der Waals surface area contributed by atoms with Gasteiger partial charge in [-0.25, -0.2) is 13.6 Å². The Bertz CT molecular complexity index is 1000. The predicted octanol–water partition coefficient (Wildman–Crippen LogP) is 1.88. The quantitative estimate of drug-likeness (QED) is 0.481. The molecule has 28 heavy (non-hydrogen) atoms. The molecule has 148 valence electrons. The van der Waals surface area contributed by atoms with Crippen molar-refractivity contribution in [3.8, 4) is 11.5 Å². The van der Waals surface area contributed by atoms with E-state index in [4.69, 9.17) is 26.8 Å². The second-order valence-electron chi connectivity index (χ2n) is 5.46. The molecule has 0 aliphatic heterocycles. The van der Waals surface area contributed by atoms with Crippen LogP contribution in [0.15, 0.2) is 53.4 Å².